The fourth-order valence-electron chi connectivity index (χ4n) is 3.23. The Hall–Kier alpha value is -2.45. The Labute approximate surface area is 166 Å². The third kappa shape index (κ3) is 5.30. The van der Waals surface area contributed by atoms with E-state index in [1.54, 1.807) is 6.20 Å². The molecule has 3 rings (SSSR count). The van der Waals surface area contributed by atoms with Crippen molar-refractivity contribution in [2.24, 2.45) is 0 Å². The summed E-state index contributed by atoms with van der Waals surface area (Å²) in [5.41, 5.74) is 2.00. The number of hydrogen-bond donors (Lipinski definition) is 1. The molecule has 0 unspecified atom stereocenters. The maximum Gasteiger partial charge on any atom is 0.224 e. The Morgan fingerprint density at radius 2 is 1.79 bits per heavy atom. The number of aromatic nitrogens is 1. The fourth-order valence-corrected chi connectivity index (χ4v) is 4.57. The van der Waals surface area contributed by atoms with Gasteiger partial charge in [-0.25, -0.2) is 13.4 Å². The minimum absolute atomic E-state index is 0.0872. The van der Waals surface area contributed by atoms with Gasteiger partial charge in [-0.05, 0) is 30.2 Å². The minimum atomic E-state index is -3.39. The van der Waals surface area contributed by atoms with E-state index >= 15 is 0 Å². The van der Waals surface area contributed by atoms with Gasteiger partial charge in [-0.2, -0.15) is 4.31 Å². The molecule has 28 heavy (non-hydrogen) atoms. The summed E-state index contributed by atoms with van der Waals surface area (Å²) in [6, 6.07) is 13.4. The summed E-state index contributed by atoms with van der Waals surface area (Å²) in [7, 11) is -3.39. The molecule has 1 fully saturated rings. The van der Waals surface area contributed by atoms with Crippen LogP contribution in [0.3, 0.4) is 0 Å². The highest BCUT2D eigenvalue weighted by Crippen LogP contribution is 2.14. The monoisotopic (exact) mass is 402 g/mol. The number of pyridine rings is 1. The molecule has 150 valence electrons. The Morgan fingerprint density at radius 3 is 2.46 bits per heavy atom. The van der Waals surface area contributed by atoms with E-state index in [0.29, 0.717) is 26.2 Å². The molecule has 0 saturated carbocycles. The third-order valence-electron chi connectivity index (χ3n) is 4.90. The second-order valence-corrected chi connectivity index (χ2v) is 8.93. The van der Waals surface area contributed by atoms with Crippen molar-refractivity contribution in [3.63, 3.8) is 0 Å². The smallest absolute Gasteiger partial charge is 0.224 e. The van der Waals surface area contributed by atoms with Crippen LogP contribution in [-0.2, 0) is 21.2 Å². The molecule has 8 heteroatoms. The van der Waals surface area contributed by atoms with Gasteiger partial charge in [0.1, 0.15) is 5.82 Å². The van der Waals surface area contributed by atoms with Crippen molar-refractivity contribution in [3.05, 3.63) is 59.8 Å². The molecule has 0 atom stereocenters. The summed E-state index contributed by atoms with van der Waals surface area (Å²) in [5.74, 6) is 0.614. The second-order valence-electron chi connectivity index (χ2n) is 6.84. The predicted molar refractivity (Wildman–Crippen MR) is 110 cm³/mol. The topological polar surface area (TPSA) is 82.6 Å². The van der Waals surface area contributed by atoms with E-state index in [1.165, 1.54) is 4.31 Å². The molecule has 0 bridgehead atoms. The molecule has 1 N–H and O–H groups in total. The van der Waals surface area contributed by atoms with Crippen molar-refractivity contribution < 1.29 is 13.2 Å². The molecule has 2 heterocycles. The molecule has 0 radical (unpaired) electrons. The summed E-state index contributed by atoms with van der Waals surface area (Å²) in [4.78, 5) is 18.5. The van der Waals surface area contributed by atoms with Gasteiger partial charge in [0, 0.05) is 38.9 Å². The lowest BCUT2D eigenvalue weighted by atomic mass is 10.1. The van der Waals surface area contributed by atoms with Crippen LogP contribution < -0.4 is 10.2 Å². The molecule has 1 aromatic heterocycles. The van der Waals surface area contributed by atoms with Gasteiger partial charge in [0.25, 0.3) is 0 Å². The number of sulfonamides is 1. The van der Waals surface area contributed by atoms with E-state index in [9.17, 15) is 13.2 Å². The first-order valence-electron chi connectivity index (χ1n) is 9.41. The summed E-state index contributed by atoms with van der Waals surface area (Å²) in [5, 5.41) is 2.72. The van der Waals surface area contributed by atoms with Crippen molar-refractivity contribution in [3.8, 4) is 0 Å². The van der Waals surface area contributed by atoms with E-state index < -0.39 is 10.0 Å². The molecule has 0 spiro atoms. The number of benzene rings is 1. The number of carbonyl (C=O) groups excluding carboxylic acids is 1. The lowest BCUT2D eigenvalue weighted by Crippen LogP contribution is -2.50. The highest BCUT2D eigenvalue weighted by atomic mass is 32.2. The molecular formula is C20H26N4O3S. The van der Waals surface area contributed by atoms with Crippen molar-refractivity contribution in [1.29, 1.82) is 0 Å². The number of carbonyl (C=O) groups is 1. The van der Waals surface area contributed by atoms with Crippen molar-refractivity contribution in [2.75, 3.05) is 43.4 Å². The Kier molecular flexibility index (Phi) is 6.64. The summed E-state index contributed by atoms with van der Waals surface area (Å²) in [6.07, 6.45) is 1.99. The van der Waals surface area contributed by atoms with Crippen molar-refractivity contribution >= 4 is 21.7 Å². The molecule has 1 saturated heterocycles. The zero-order valence-electron chi connectivity index (χ0n) is 16.0. The summed E-state index contributed by atoms with van der Waals surface area (Å²) in [6.45, 7) is 4.14. The van der Waals surface area contributed by atoms with Gasteiger partial charge in [-0.1, -0.05) is 30.3 Å². The van der Waals surface area contributed by atoms with Crippen LogP contribution in [0, 0.1) is 6.92 Å². The number of nitrogens with zero attached hydrogens (tertiary/aromatic N) is 3. The molecule has 1 aromatic carbocycles. The molecule has 1 aliphatic heterocycles. The van der Waals surface area contributed by atoms with Crippen LogP contribution in [0.5, 0.6) is 0 Å². The van der Waals surface area contributed by atoms with E-state index in [4.69, 9.17) is 0 Å². The molecule has 0 aliphatic carbocycles. The zero-order chi connectivity index (χ0) is 20.0. The highest BCUT2D eigenvalue weighted by Gasteiger charge is 2.27. The molecule has 2 aromatic rings. The van der Waals surface area contributed by atoms with E-state index in [-0.39, 0.29) is 24.6 Å². The number of anilines is 1. The van der Waals surface area contributed by atoms with E-state index in [0.717, 1.165) is 16.9 Å². The third-order valence-corrected chi connectivity index (χ3v) is 6.77. The van der Waals surface area contributed by atoms with E-state index in [2.05, 4.69) is 15.2 Å². The van der Waals surface area contributed by atoms with Gasteiger partial charge in [0.15, 0.2) is 0 Å². The normalized spacial score (nSPS) is 15.4. The van der Waals surface area contributed by atoms with Crippen LogP contribution >= 0.6 is 0 Å². The van der Waals surface area contributed by atoms with Crippen molar-refractivity contribution in [2.45, 2.75) is 13.3 Å². The van der Waals surface area contributed by atoms with Crippen LogP contribution in [0.2, 0.25) is 0 Å². The fraction of sp³-hybridized carbons (Fsp3) is 0.400. The number of aryl methyl sites for hydroxylation is 1. The number of piperazine rings is 1. The lowest BCUT2D eigenvalue weighted by molar-refractivity contribution is -0.120. The Balaban J connectivity index is 1.44. The maximum atomic E-state index is 12.6. The van der Waals surface area contributed by atoms with Gasteiger partial charge >= 0.3 is 0 Å². The highest BCUT2D eigenvalue weighted by molar-refractivity contribution is 7.89. The van der Waals surface area contributed by atoms with Gasteiger partial charge in [-0.15, -0.1) is 0 Å². The number of amides is 1. The van der Waals surface area contributed by atoms with Crippen LogP contribution in [-0.4, -0.2) is 62.1 Å². The van der Waals surface area contributed by atoms with Crippen molar-refractivity contribution in [1.82, 2.24) is 14.6 Å². The first-order chi connectivity index (χ1) is 13.5. The standard InChI is InChI=1S/C20H26N4O3S/c1-17-6-2-3-7-18(17)16-20(25)22-10-15-28(26,27)24-13-11-23(12-14-24)19-8-4-5-9-21-19/h2-9H,10-16H2,1H3,(H,22,25). The zero-order valence-corrected chi connectivity index (χ0v) is 16.9. The number of hydrogen-bond acceptors (Lipinski definition) is 5. The second kappa shape index (κ2) is 9.16. The predicted octanol–water partition coefficient (Wildman–Crippen LogP) is 1.20. The minimum Gasteiger partial charge on any atom is -0.355 e. The number of rotatable bonds is 7. The largest absolute Gasteiger partial charge is 0.355 e. The maximum absolute atomic E-state index is 12.6. The Bertz CT molecular complexity index is 895. The quantitative estimate of drug-likeness (QED) is 0.753. The molecule has 7 nitrogen and oxygen atoms in total. The Morgan fingerprint density at radius 1 is 1.07 bits per heavy atom. The lowest BCUT2D eigenvalue weighted by Gasteiger charge is -2.34. The molecular weight excluding hydrogens is 376 g/mol. The van der Waals surface area contributed by atoms with Gasteiger partial charge in [0.05, 0.1) is 12.2 Å². The molecule has 1 amide bonds. The first kappa shape index (κ1) is 20.3. The summed E-state index contributed by atoms with van der Waals surface area (Å²) < 4.78 is 26.6. The van der Waals surface area contributed by atoms with Gasteiger partial charge < -0.3 is 10.2 Å². The first-order valence-corrected chi connectivity index (χ1v) is 11.0. The van der Waals surface area contributed by atoms with Gasteiger partial charge in [0.2, 0.25) is 15.9 Å². The SMILES string of the molecule is Cc1ccccc1CC(=O)NCCS(=O)(=O)N1CCN(c2ccccn2)CC1. The van der Waals surface area contributed by atoms with Crippen LogP contribution in [0.4, 0.5) is 5.82 Å². The van der Waals surface area contributed by atoms with E-state index in [1.807, 2.05) is 49.4 Å². The number of nitrogens with one attached hydrogen (secondary N) is 1. The van der Waals surface area contributed by atoms with Gasteiger partial charge in [-0.3, -0.25) is 4.79 Å². The average Bonchev–Trinajstić information content (AvgIpc) is 2.70. The average molecular weight is 403 g/mol. The molecule has 1 aliphatic rings. The van der Waals surface area contributed by atoms with Crippen LogP contribution in [0.25, 0.3) is 0 Å². The van der Waals surface area contributed by atoms with Crippen LogP contribution in [0.1, 0.15) is 11.1 Å². The summed E-state index contributed by atoms with van der Waals surface area (Å²) >= 11 is 0. The van der Waals surface area contributed by atoms with Crippen LogP contribution in [0.15, 0.2) is 48.7 Å².